The highest BCUT2D eigenvalue weighted by Gasteiger charge is 2.29. The predicted octanol–water partition coefficient (Wildman–Crippen LogP) is 1.33. The summed E-state index contributed by atoms with van der Waals surface area (Å²) in [7, 11) is -4.29. The van der Waals surface area contributed by atoms with E-state index < -0.39 is 20.8 Å². The first kappa shape index (κ1) is 17.9. The van der Waals surface area contributed by atoms with Crippen LogP contribution in [-0.2, 0) is 20.8 Å². The van der Waals surface area contributed by atoms with Crippen LogP contribution in [-0.4, -0.2) is 66.6 Å². The summed E-state index contributed by atoms with van der Waals surface area (Å²) in [4.78, 5) is 2.47. The third-order valence-corrected chi connectivity index (χ3v) is 6.83. The molecule has 1 heterocycles. The van der Waals surface area contributed by atoms with Gasteiger partial charge in [0.05, 0.1) is 4.90 Å². The monoisotopic (exact) mass is 364 g/mol. The maximum absolute atomic E-state index is 12.7. The average Bonchev–Trinajstić information content (AvgIpc) is 2.45. The van der Waals surface area contributed by atoms with Crippen molar-refractivity contribution in [2.24, 2.45) is 0 Å². The summed E-state index contributed by atoms with van der Waals surface area (Å²) in [5, 5.41) is 0.536. The lowest BCUT2D eigenvalue weighted by Crippen LogP contribution is -2.49. The Morgan fingerprint density at radius 2 is 1.86 bits per heavy atom. The summed E-state index contributed by atoms with van der Waals surface area (Å²) < 4.78 is 38.1. The molecule has 2 rings (SSSR count). The van der Waals surface area contributed by atoms with Gasteiger partial charge in [-0.3, -0.25) is 9.11 Å². The van der Waals surface area contributed by atoms with Gasteiger partial charge in [0.15, 0.2) is 0 Å². The minimum atomic E-state index is -3.48. The number of sulfonamides is 1. The zero-order valence-corrected chi connectivity index (χ0v) is 15.2. The molecule has 0 unspecified atom stereocenters. The van der Waals surface area contributed by atoms with Gasteiger partial charge >= 0.3 is 0 Å². The number of hydrogen-bond donors (Lipinski definition) is 0. The second-order valence-electron chi connectivity index (χ2n) is 5.43. The molecule has 1 atom stereocenters. The number of rotatable bonds is 5. The van der Waals surface area contributed by atoms with E-state index in [4.69, 9.17) is 11.6 Å². The van der Waals surface area contributed by atoms with Crippen molar-refractivity contribution in [1.82, 2.24) is 9.21 Å². The van der Waals surface area contributed by atoms with Gasteiger partial charge in [-0.1, -0.05) is 11.6 Å². The van der Waals surface area contributed by atoms with Crippen LogP contribution in [0.3, 0.4) is 0 Å². The fraction of sp³-hybridized carbons (Fsp3) is 0.571. The predicted molar refractivity (Wildman–Crippen MR) is 90.3 cm³/mol. The molecular weight excluding hydrogens is 344 g/mol. The molecule has 22 heavy (non-hydrogen) atoms. The fourth-order valence-electron chi connectivity index (χ4n) is 2.49. The fourth-order valence-corrected chi connectivity index (χ4v) is 4.86. The SMILES string of the molecule is Cc1cc(Cl)ccc1S(=O)(=O)N1CCN(CC[S@@](C)=O)CC1. The van der Waals surface area contributed by atoms with E-state index in [2.05, 4.69) is 4.90 Å². The first-order chi connectivity index (χ1) is 10.3. The van der Waals surface area contributed by atoms with Crippen molar-refractivity contribution in [3.05, 3.63) is 28.8 Å². The third kappa shape index (κ3) is 4.29. The van der Waals surface area contributed by atoms with E-state index in [1.165, 1.54) is 4.31 Å². The molecule has 0 bridgehead atoms. The van der Waals surface area contributed by atoms with Crippen LogP contribution in [0.4, 0.5) is 0 Å². The molecule has 0 aromatic heterocycles. The largest absolute Gasteiger partial charge is 0.300 e. The summed E-state index contributed by atoms with van der Waals surface area (Å²) in [5.74, 6) is 0.628. The maximum atomic E-state index is 12.7. The van der Waals surface area contributed by atoms with Crippen molar-refractivity contribution in [2.75, 3.05) is 44.7 Å². The Morgan fingerprint density at radius 3 is 2.41 bits per heavy atom. The van der Waals surface area contributed by atoms with Gasteiger partial charge in [0.1, 0.15) is 0 Å². The van der Waals surface area contributed by atoms with Crippen molar-refractivity contribution in [2.45, 2.75) is 11.8 Å². The lowest BCUT2D eigenvalue weighted by molar-refractivity contribution is 0.197. The highest BCUT2D eigenvalue weighted by Crippen LogP contribution is 2.23. The van der Waals surface area contributed by atoms with Crippen molar-refractivity contribution in [1.29, 1.82) is 0 Å². The standard InChI is InChI=1S/C14H21ClN2O3S2/c1-12-11-13(15)3-4-14(12)22(19,20)17-7-5-16(6-8-17)9-10-21(2)18/h3-4,11H,5-10H2,1-2H3/t21-/m1/s1. The van der Waals surface area contributed by atoms with E-state index in [0.29, 0.717) is 47.4 Å². The Morgan fingerprint density at radius 1 is 1.23 bits per heavy atom. The van der Waals surface area contributed by atoms with Crippen molar-refractivity contribution < 1.29 is 12.6 Å². The number of halogens is 1. The topological polar surface area (TPSA) is 57.7 Å². The van der Waals surface area contributed by atoms with E-state index in [1.54, 1.807) is 31.4 Å². The van der Waals surface area contributed by atoms with Crippen molar-refractivity contribution in [3.8, 4) is 0 Å². The first-order valence-corrected chi connectivity index (χ1v) is 10.6. The molecule has 0 amide bonds. The van der Waals surface area contributed by atoms with E-state index in [-0.39, 0.29) is 0 Å². The van der Waals surface area contributed by atoms with Crippen LogP contribution in [0.25, 0.3) is 0 Å². The number of benzene rings is 1. The molecule has 1 aromatic carbocycles. The molecule has 8 heteroatoms. The molecule has 1 aliphatic rings. The van der Waals surface area contributed by atoms with E-state index in [0.717, 1.165) is 6.54 Å². The van der Waals surface area contributed by atoms with Crippen LogP contribution in [0.1, 0.15) is 5.56 Å². The zero-order chi connectivity index (χ0) is 16.3. The van der Waals surface area contributed by atoms with Crippen LogP contribution in [0.2, 0.25) is 5.02 Å². The molecule has 124 valence electrons. The van der Waals surface area contributed by atoms with Crippen molar-refractivity contribution >= 4 is 32.4 Å². The van der Waals surface area contributed by atoms with Gasteiger partial charge in [-0.05, 0) is 30.7 Å². The molecule has 0 N–H and O–H groups in total. The van der Waals surface area contributed by atoms with E-state index in [9.17, 15) is 12.6 Å². The summed E-state index contributed by atoms with van der Waals surface area (Å²) >= 11 is 5.89. The maximum Gasteiger partial charge on any atom is 0.243 e. The average molecular weight is 365 g/mol. The summed E-state index contributed by atoms with van der Waals surface area (Å²) in [6.07, 6.45) is 1.68. The smallest absolute Gasteiger partial charge is 0.243 e. The Kier molecular flexibility index (Phi) is 6.01. The van der Waals surface area contributed by atoms with Gasteiger partial charge in [0, 0.05) is 60.6 Å². The number of aryl methyl sites for hydroxylation is 1. The summed E-state index contributed by atoms with van der Waals surface area (Å²) in [6, 6.07) is 4.84. The lowest BCUT2D eigenvalue weighted by atomic mass is 10.2. The lowest BCUT2D eigenvalue weighted by Gasteiger charge is -2.34. The molecule has 1 aromatic rings. The van der Waals surface area contributed by atoms with Crippen LogP contribution in [0, 0.1) is 6.92 Å². The normalized spacial score (nSPS) is 19.2. The van der Waals surface area contributed by atoms with Gasteiger partial charge in [-0.25, -0.2) is 8.42 Å². The van der Waals surface area contributed by atoms with Gasteiger partial charge in [0.2, 0.25) is 10.0 Å². The Hall–Kier alpha value is -0.470. The van der Waals surface area contributed by atoms with Crippen LogP contribution in [0.5, 0.6) is 0 Å². The molecule has 1 fully saturated rings. The van der Waals surface area contributed by atoms with Crippen molar-refractivity contribution in [3.63, 3.8) is 0 Å². The number of hydrogen-bond acceptors (Lipinski definition) is 4. The second kappa shape index (κ2) is 7.40. The molecule has 5 nitrogen and oxygen atoms in total. The van der Waals surface area contributed by atoms with E-state index >= 15 is 0 Å². The van der Waals surface area contributed by atoms with E-state index in [1.807, 2.05) is 0 Å². The summed E-state index contributed by atoms with van der Waals surface area (Å²) in [5.41, 5.74) is 0.663. The Balaban J connectivity index is 2.05. The highest BCUT2D eigenvalue weighted by molar-refractivity contribution is 7.89. The zero-order valence-electron chi connectivity index (χ0n) is 12.8. The second-order valence-corrected chi connectivity index (χ2v) is 9.33. The molecule has 1 aliphatic heterocycles. The van der Waals surface area contributed by atoms with Gasteiger partial charge in [-0.15, -0.1) is 0 Å². The quantitative estimate of drug-likeness (QED) is 0.791. The molecule has 0 aliphatic carbocycles. The van der Waals surface area contributed by atoms with Crippen LogP contribution in [0.15, 0.2) is 23.1 Å². The molecule has 1 saturated heterocycles. The van der Waals surface area contributed by atoms with Crippen LogP contribution >= 0.6 is 11.6 Å². The molecule has 0 radical (unpaired) electrons. The third-order valence-electron chi connectivity index (χ3n) is 3.78. The van der Waals surface area contributed by atoms with Gasteiger partial charge < -0.3 is 0 Å². The molecule has 0 spiro atoms. The Labute approximate surface area is 139 Å². The summed E-state index contributed by atoms with van der Waals surface area (Å²) in [6.45, 7) is 4.76. The number of piperazine rings is 1. The molecular formula is C14H21ClN2O3S2. The minimum absolute atomic E-state index is 0.319. The van der Waals surface area contributed by atoms with Gasteiger partial charge in [0.25, 0.3) is 0 Å². The first-order valence-electron chi connectivity index (χ1n) is 7.09. The van der Waals surface area contributed by atoms with Gasteiger partial charge in [-0.2, -0.15) is 4.31 Å². The minimum Gasteiger partial charge on any atom is -0.300 e. The Bertz CT molecular complexity index is 656. The van der Waals surface area contributed by atoms with Crippen LogP contribution < -0.4 is 0 Å². The highest BCUT2D eigenvalue weighted by atomic mass is 35.5. The number of nitrogens with zero attached hydrogens (tertiary/aromatic N) is 2. The molecule has 0 saturated carbocycles.